The molecule has 0 spiro atoms. The van der Waals surface area contributed by atoms with Crippen molar-refractivity contribution in [1.29, 1.82) is 0 Å². The molecular formula is C14H22O4. The van der Waals surface area contributed by atoms with Gasteiger partial charge in [-0.05, 0) is 39.7 Å². The standard InChI is InChI=1S/C14H22O4/c1-14(2,3)18-8-7-10-9-11(15)5-6-12(10)13(16)17-4/h9,12H,5-8H2,1-4H3. The summed E-state index contributed by atoms with van der Waals surface area (Å²) >= 11 is 0. The van der Waals surface area contributed by atoms with Crippen molar-refractivity contribution in [3.8, 4) is 0 Å². The van der Waals surface area contributed by atoms with Gasteiger partial charge in [-0.15, -0.1) is 0 Å². The molecule has 102 valence electrons. The third-order valence-electron chi connectivity index (χ3n) is 2.88. The summed E-state index contributed by atoms with van der Waals surface area (Å²) in [6.07, 6.45) is 3.15. The second-order valence-corrected chi connectivity index (χ2v) is 5.51. The normalized spacial score (nSPS) is 20.6. The molecule has 1 unspecified atom stereocenters. The van der Waals surface area contributed by atoms with Crippen LogP contribution in [0.1, 0.15) is 40.0 Å². The van der Waals surface area contributed by atoms with E-state index in [0.29, 0.717) is 25.9 Å². The molecule has 0 amide bonds. The molecule has 0 aliphatic heterocycles. The van der Waals surface area contributed by atoms with Gasteiger partial charge in [0.25, 0.3) is 0 Å². The van der Waals surface area contributed by atoms with E-state index in [0.717, 1.165) is 5.57 Å². The summed E-state index contributed by atoms with van der Waals surface area (Å²) < 4.78 is 10.4. The van der Waals surface area contributed by atoms with Gasteiger partial charge in [-0.25, -0.2) is 0 Å². The Kier molecular flexibility index (Phi) is 5.08. The van der Waals surface area contributed by atoms with Gasteiger partial charge in [0.1, 0.15) is 0 Å². The van der Waals surface area contributed by atoms with Crippen LogP contribution in [0.5, 0.6) is 0 Å². The van der Waals surface area contributed by atoms with E-state index in [4.69, 9.17) is 9.47 Å². The molecule has 0 saturated heterocycles. The number of ether oxygens (including phenoxy) is 2. The Labute approximate surface area is 108 Å². The van der Waals surface area contributed by atoms with Crippen LogP contribution in [0.2, 0.25) is 0 Å². The second kappa shape index (κ2) is 6.14. The van der Waals surface area contributed by atoms with Crippen LogP contribution in [0, 0.1) is 5.92 Å². The van der Waals surface area contributed by atoms with Crippen molar-refractivity contribution in [2.24, 2.45) is 5.92 Å². The summed E-state index contributed by atoms with van der Waals surface area (Å²) in [5, 5.41) is 0. The minimum atomic E-state index is -0.281. The molecule has 0 N–H and O–H groups in total. The predicted octanol–water partition coefficient (Wildman–Crippen LogP) is 2.27. The summed E-state index contributed by atoms with van der Waals surface area (Å²) in [5.74, 6) is -0.457. The lowest BCUT2D eigenvalue weighted by atomic mass is 9.85. The van der Waals surface area contributed by atoms with Crippen molar-refractivity contribution >= 4 is 11.8 Å². The molecule has 0 aromatic heterocycles. The smallest absolute Gasteiger partial charge is 0.312 e. The quantitative estimate of drug-likeness (QED) is 0.722. The third-order valence-corrected chi connectivity index (χ3v) is 2.88. The van der Waals surface area contributed by atoms with E-state index < -0.39 is 0 Å². The lowest BCUT2D eigenvalue weighted by Crippen LogP contribution is -2.26. The first-order chi connectivity index (χ1) is 8.33. The van der Waals surface area contributed by atoms with Crippen molar-refractivity contribution < 1.29 is 19.1 Å². The van der Waals surface area contributed by atoms with Crippen molar-refractivity contribution in [2.75, 3.05) is 13.7 Å². The van der Waals surface area contributed by atoms with E-state index in [9.17, 15) is 9.59 Å². The van der Waals surface area contributed by atoms with Crippen LogP contribution in [-0.4, -0.2) is 31.1 Å². The Morgan fingerprint density at radius 2 is 2.11 bits per heavy atom. The average Bonchev–Trinajstić information content (AvgIpc) is 2.26. The molecule has 0 bridgehead atoms. The van der Waals surface area contributed by atoms with Gasteiger partial charge in [0.05, 0.1) is 25.2 Å². The molecule has 0 aromatic rings. The van der Waals surface area contributed by atoms with Gasteiger partial charge >= 0.3 is 5.97 Å². The molecule has 0 fully saturated rings. The summed E-state index contributed by atoms with van der Waals surface area (Å²) in [6.45, 7) is 6.44. The van der Waals surface area contributed by atoms with Crippen LogP contribution < -0.4 is 0 Å². The highest BCUT2D eigenvalue weighted by atomic mass is 16.5. The number of carbonyl (C=O) groups is 2. The minimum absolute atomic E-state index is 0.0842. The average molecular weight is 254 g/mol. The van der Waals surface area contributed by atoms with Crippen LogP contribution in [0.15, 0.2) is 11.6 Å². The first-order valence-electron chi connectivity index (χ1n) is 6.28. The number of esters is 1. The molecule has 4 nitrogen and oxygen atoms in total. The van der Waals surface area contributed by atoms with Crippen molar-refractivity contribution in [2.45, 2.75) is 45.6 Å². The molecule has 1 aliphatic carbocycles. The monoisotopic (exact) mass is 254 g/mol. The summed E-state index contributed by atoms with van der Waals surface area (Å²) in [7, 11) is 1.38. The Morgan fingerprint density at radius 3 is 2.67 bits per heavy atom. The van der Waals surface area contributed by atoms with Crippen molar-refractivity contribution in [3.63, 3.8) is 0 Å². The first-order valence-corrected chi connectivity index (χ1v) is 6.28. The van der Waals surface area contributed by atoms with E-state index in [-0.39, 0.29) is 23.3 Å². The van der Waals surface area contributed by atoms with E-state index in [2.05, 4.69) is 0 Å². The lowest BCUT2D eigenvalue weighted by molar-refractivity contribution is -0.144. The maximum absolute atomic E-state index is 11.6. The van der Waals surface area contributed by atoms with Gasteiger partial charge in [0.15, 0.2) is 5.78 Å². The fourth-order valence-corrected chi connectivity index (χ4v) is 1.98. The van der Waals surface area contributed by atoms with Gasteiger partial charge in [0.2, 0.25) is 0 Å². The summed E-state index contributed by atoms with van der Waals surface area (Å²) in [6, 6.07) is 0. The lowest BCUT2D eigenvalue weighted by Gasteiger charge is -2.24. The van der Waals surface area contributed by atoms with Crippen molar-refractivity contribution in [3.05, 3.63) is 11.6 Å². The number of hydrogen-bond donors (Lipinski definition) is 0. The number of rotatable bonds is 4. The molecule has 0 radical (unpaired) electrons. The van der Waals surface area contributed by atoms with Crippen LogP contribution in [0.4, 0.5) is 0 Å². The van der Waals surface area contributed by atoms with E-state index in [1.165, 1.54) is 7.11 Å². The Bertz CT molecular complexity index is 349. The van der Waals surface area contributed by atoms with Crippen LogP contribution in [0.3, 0.4) is 0 Å². The maximum Gasteiger partial charge on any atom is 0.312 e. The second-order valence-electron chi connectivity index (χ2n) is 5.51. The molecule has 1 aliphatic rings. The predicted molar refractivity (Wildman–Crippen MR) is 68.2 cm³/mol. The summed E-state index contributed by atoms with van der Waals surface area (Å²) in [4.78, 5) is 23.0. The number of methoxy groups -OCH3 is 1. The zero-order valence-corrected chi connectivity index (χ0v) is 11.6. The number of ketones is 1. The van der Waals surface area contributed by atoms with Gasteiger partial charge in [-0.3, -0.25) is 9.59 Å². The maximum atomic E-state index is 11.6. The molecular weight excluding hydrogens is 232 g/mol. The molecule has 0 aromatic carbocycles. The van der Waals surface area contributed by atoms with E-state index in [1.54, 1.807) is 6.08 Å². The molecule has 4 heteroatoms. The summed E-state index contributed by atoms with van der Waals surface area (Å²) in [5.41, 5.74) is 0.627. The molecule has 1 atom stereocenters. The fraction of sp³-hybridized carbons (Fsp3) is 0.714. The van der Waals surface area contributed by atoms with Crippen LogP contribution >= 0.6 is 0 Å². The molecule has 18 heavy (non-hydrogen) atoms. The molecule has 1 rings (SSSR count). The highest BCUT2D eigenvalue weighted by molar-refractivity contribution is 5.93. The van der Waals surface area contributed by atoms with Gasteiger partial charge in [0, 0.05) is 6.42 Å². The van der Waals surface area contributed by atoms with E-state index in [1.807, 2.05) is 20.8 Å². The van der Waals surface area contributed by atoms with Gasteiger partial charge < -0.3 is 9.47 Å². The first kappa shape index (κ1) is 14.9. The van der Waals surface area contributed by atoms with Crippen molar-refractivity contribution in [1.82, 2.24) is 0 Å². The Morgan fingerprint density at radius 1 is 1.44 bits per heavy atom. The molecule has 0 saturated carbocycles. The van der Waals surface area contributed by atoms with E-state index >= 15 is 0 Å². The van der Waals surface area contributed by atoms with Gasteiger partial charge in [-0.1, -0.05) is 5.57 Å². The fourth-order valence-electron chi connectivity index (χ4n) is 1.98. The number of allylic oxidation sites excluding steroid dienone is 1. The highest BCUT2D eigenvalue weighted by Crippen LogP contribution is 2.27. The van der Waals surface area contributed by atoms with Crippen LogP contribution in [-0.2, 0) is 19.1 Å². The minimum Gasteiger partial charge on any atom is -0.469 e. The largest absolute Gasteiger partial charge is 0.469 e. The van der Waals surface area contributed by atoms with Gasteiger partial charge in [-0.2, -0.15) is 0 Å². The topological polar surface area (TPSA) is 52.6 Å². The Hall–Kier alpha value is -1.16. The third kappa shape index (κ3) is 4.61. The zero-order chi connectivity index (χ0) is 13.8. The van der Waals surface area contributed by atoms with Crippen LogP contribution in [0.25, 0.3) is 0 Å². The SMILES string of the molecule is COC(=O)C1CCC(=O)C=C1CCOC(C)(C)C. The molecule has 0 heterocycles. The highest BCUT2D eigenvalue weighted by Gasteiger charge is 2.28. The number of hydrogen-bond acceptors (Lipinski definition) is 4. The number of carbonyl (C=O) groups excluding carboxylic acids is 2. The zero-order valence-electron chi connectivity index (χ0n) is 11.6. The Balaban J connectivity index is 2.63.